The molecular weight excluding hydrogens is 488 g/mol. The number of pyridine rings is 1. The molecule has 1 heterocycles. The van der Waals surface area contributed by atoms with Gasteiger partial charge < -0.3 is 19.9 Å². The van der Waals surface area contributed by atoms with Gasteiger partial charge in [0, 0.05) is 11.8 Å². The van der Waals surface area contributed by atoms with E-state index < -0.39 is 12.5 Å². The Bertz CT molecular complexity index is 1210. The molecule has 4 rings (SSSR count). The van der Waals surface area contributed by atoms with Gasteiger partial charge in [-0.15, -0.1) is 0 Å². The molecule has 6 nitrogen and oxygen atoms in total. The molecule has 0 aliphatic carbocycles. The molecule has 0 saturated heterocycles. The van der Waals surface area contributed by atoms with Gasteiger partial charge in [-0.1, -0.05) is 86.7 Å². The fourth-order valence-electron chi connectivity index (χ4n) is 3.21. The zero-order valence-electron chi connectivity index (χ0n) is 23.2. The lowest BCUT2D eigenvalue weighted by molar-refractivity contribution is -0.118. The van der Waals surface area contributed by atoms with Gasteiger partial charge in [0.05, 0.1) is 11.9 Å². The smallest absolute Gasteiger partial charge is 0.250 e. The molecule has 0 radical (unpaired) electrons. The molecule has 3 aromatic carbocycles. The number of nitrogens with zero attached hydrogens (tertiary/aromatic N) is 1. The fourth-order valence-corrected chi connectivity index (χ4v) is 3.21. The van der Waals surface area contributed by atoms with Crippen LogP contribution in [-0.4, -0.2) is 22.6 Å². The number of aryl methyl sites for hydroxylation is 1. The van der Waals surface area contributed by atoms with Crippen molar-refractivity contribution >= 4 is 17.2 Å². The molecule has 2 N–H and O–H groups in total. The number of ether oxygens (including phenoxy) is 2. The number of aliphatic hydroxyl groups is 1. The first kappa shape index (κ1) is 30.8. The number of hydrogen-bond acceptors (Lipinski definition) is 5. The molecule has 0 fully saturated rings. The molecule has 6 heteroatoms. The Balaban J connectivity index is 0.000000320. The predicted molar refractivity (Wildman–Crippen MR) is 159 cm³/mol. The molecule has 0 aliphatic rings. The van der Waals surface area contributed by atoms with Crippen LogP contribution in [0.3, 0.4) is 0 Å². The highest BCUT2D eigenvalue weighted by Crippen LogP contribution is 2.28. The van der Waals surface area contributed by atoms with Crippen molar-refractivity contribution in [1.29, 1.82) is 0 Å². The van der Waals surface area contributed by atoms with Crippen molar-refractivity contribution in [3.63, 3.8) is 0 Å². The molecule has 4 aromatic rings. The Hall–Kier alpha value is -4.42. The quantitative estimate of drug-likeness (QED) is 0.241. The van der Waals surface area contributed by atoms with Crippen molar-refractivity contribution in [1.82, 2.24) is 4.98 Å². The van der Waals surface area contributed by atoms with Crippen LogP contribution >= 0.6 is 0 Å². The van der Waals surface area contributed by atoms with E-state index in [9.17, 15) is 4.79 Å². The Kier molecular flexibility index (Phi) is 13.6. The lowest BCUT2D eigenvalue weighted by Crippen LogP contribution is -2.15. The number of carbonyl (C=O) groups is 1. The molecule has 0 saturated carbocycles. The second-order valence-corrected chi connectivity index (χ2v) is 8.42. The zero-order valence-corrected chi connectivity index (χ0v) is 23.2. The third kappa shape index (κ3) is 11.7. The summed E-state index contributed by atoms with van der Waals surface area (Å²) in [6.07, 6.45) is 1.54. The van der Waals surface area contributed by atoms with Gasteiger partial charge in [-0.3, -0.25) is 9.78 Å². The molecule has 39 heavy (non-hydrogen) atoms. The first-order valence-electron chi connectivity index (χ1n) is 12.9. The summed E-state index contributed by atoms with van der Waals surface area (Å²) in [5.41, 5.74) is 5.75. The van der Waals surface area contributed by atoms with Crippen LogP contribution in [0.2, 0.25) is 0 Å². The largest absolute Gasteiger partial charge is 0.489 e. The maximum absolute atomic E-state index is 10.7. The number of benzene rings is 3. The lowest BCUT2D eigenvalue weighted by Gasteiger charge is -2.13. The highest BCUT2D eigenvalue weighted by atomic mass is 16.5. The van der Waals surface area contributed by atoms with E-state index in [2.05, 4.69) is 41.1 Å². The van der Waals surface area contributed by atoms with E-state index in [1.165, 1.54) is 0 Å². The van der Waals surface area contributed by atoms with Crippen molar-refractivity contribution < 1.29 is 19.4 Å². The van der Waals surface area contributed by atoms with Gasteiger partial charge in [-0.2, -0.15) is 0 Å². The first-order valence-corrected chi connectivity index (χ1v) is 12.9. The minimum absolute atomic E-state index is 0.430. The van der Waals surface area contributed by atoms with Gasteiger partial charge in [-0.25, -0.2) is 0 Å². The molecule has 0 aliphatic heterocycles. The summed E-state index contributed by atoms with van der Waals surface area (Å²) in [7, 11) is 0. The average Bonchev–Trinajstić information content (AvgIpc) is 2.98. The Morgan fingerprint density at radius 3 is 1.77 bits per heavy atom. The van der Waals surface area contributed by atoms with Gasteiger partial charge in [-0.05, 0) is 54.8 Å². The van der Waals surface area contributed by atoms with Crippen LogP contribution in [0.25, 0.3) is 5.57 Å². The van der Waals surface area contributed by atoms with E-state index in [0.29, 0.717) is 18.9 Å². The number of aliphatic hydroxyl groups excluding tert-OH is 1. The van der Waals surface area contributed by atoms with Gasteiger partial charge in [0.25, 0.3) is 0 Å². The highest BCUT2D eigenvalue weighted by molar-refractivity contribution is 5.91. The van der Waals surface area contributed by atoms with Gasteiger partial charge in [0.15, 0.2) is 0 Å². The van der Waals surface area contributed by atoms with Crippen molar-refractivity contribution in [2.24, 2.45) is 0 Å². The number of nitrogens with one attached hydrogen (secondary N) is 1. The number of hydrogen-bond donors (Lipinski definition) is 2. The summed E-state index contributed by atoms with van der Waals surface area (Å²) in [5, 5.41) is 10.9. The van der Waals surface area contributed by atoms with Crippen LogP contribution < -0.4 is 14.8 Å². The van der Waals surface area contributed by atoms with E-state index in [4.69, 9.17) is 14.6 Å². The second-order valence-electron chi connectivity index (χ2n) is 8.42. The minimum atomic E-state index is -0.506. The molecule has 0 spiro atoms. The second kappa shape index (κ2) is 17.2. The Morgan fingerprint density at radius 2 is 1.36 bits per heavy atom. The number of anilines is 1. The fraction of sp³-hybridized carbons (Fsp3) is 0.212. The Labute approximate surface area is 232 Å². The van der Waals surface area contributed by atoms with E-state index in [1.807, 2.05) is 82.3 Å². The van der Waals surface area contributed by atoms with E-state index in [1.54, 1.807) is 18.3 Å². The normalized spacial score (nSPS) is 9.67. The SMILES string of the molecule is C=C(C)c1cc(OCc2ccccc2)cc(OCc2ccccc2)c1.CC.Cc1ccc(NC(=O)CO)cn1. The van der Waals surface area contributed by atoms with Crippen molar-refractivity contribution in [2.75, 3.05) is 11.9 Å². The van der Waals surface area contributed by atoms with Crippen LogP contribution in [0.1, 0.15) is 43.2 Å². The van der Waals surface area contributed by atoms with Crippen LogP contribution in [0.5, 0.6) is 11.5 Å². The van der Waals surface area contributed by atoms with Crippen LogP contribution in [0.4, 0.5) is 5.69 Å². The monoisotopic (exact) mass is 526 g/mol. The summed E-state index contributed by atoms with van der Waals surface area (Å²) in [6.45, 7) is 12.4. The average molecular weight is 527 g/mol. The maximum atomic E-state index is 10.7. The summed E-state index contributed by atoms with van der Waals surface area (Å²) in [4.78, 5) is 14.6. The lowest BCUT2D eigenvalue weighted by atomic mass is 10.1. The van der Waals surface area contributed by atoms with Gasteiger partial charge in [0.1, 0.15) is 31.3 Å². The summed E-state index contributed by atoms with van der Waals surface area (Å²) >= 11 is 0. The number of allylic oxidation sites excluding steroid dienone is 1. The minimum Gasteiger partial charge on any atom is -0.489 e. The molecular formula is C33H38N2O4. The molecule has 0 atom stereocenters. The van der Waals surface area contributed by atoms with Crippen LogP contribution in [-0.2, 0) is 18.0 Å². The van der Waals surface area contributed by atoms with Crippen molar-refractivity contribution in [3.8, 4) is 11.5 Å². The van der Waals surface area contributed by atoms with E-state index in [0.717, 1.165) is 39.5 Å². The molecule has 1 amide bonds. The summed E-state index contributed by atoms with van der Waals surface area (Å²) < 4.78 is 11.9. The van der Waals surface area contributed by atoms with E-state index in [-0.39, 0.29) is 0 Å². The molecule has 1 aromatic heterocycles. The van der Waals surface area contributed by atoms with Crippen LogP contribution in [0.15, 0.2) is 104 Å². The third-order valence-corrected chi connectivity index (χ3v) is 5.21. The third-order valence-electron chi connectivity index (χ3n) is 5.21. The number of amides is 1. The zero-order chi connectivity index (χ0) is 28.5. The van der Waals surface area contributed by atoms with Crippen molar-refractivity contribution in [2.45, 2.75) is 40.9 Å². The highest BCUT2D eigenvalue weighted by Gasteiger charge is 2.05. The maximum Gasteiger partial charge on any atom is 0.250 e. The van der Waals surface area contributed by atoms with Crippen LogP contribution in [0, 0.1) is 6.92 Å². The standard InChI is InChI=1S/C23H22O2.C8H10N2O2.C2H6/c1-18(2)21-13-22(24-16-19-9-5-3-6-10-19)15-23(14-21)25-17-20-11-7-4-8-12-20;1-6-2-3-7(4-9-6)10-8(12)5-11;1-2/h3-15H,1,16-17H2,2H3;2-4,11H,5H2,1H3,(H,10,12);1-2H3. The van der Waals surface area contributed by atoms with Crippen molar-refractivity contribution in [3.05, 3.63) is 126 Å². The summed E-state index contributed by atoms with van der Waals surface area (Å²) in [5.74, 6) is 1.14. The molecule has 0 unspecified atom stereocenters. The topological polar surface area (TPSA) is 80.7 Å². The van der Waals surface area contributed by atoms with Gasteiger partial charge >= 0.3 is 0 Å². The molecule has 204 valence electrons. The van der Waals surface area contributed by atoms with E-state index >= 15 is 0 Å². The number of aromatic nitrogens is 1. The number of carbonyl (C=O) groups excluding carboxylic acids is 1. The molecule has 0 bridgehead atoms. The first-order chi connectivity index (χ1) is 18.9. The number of rotatable bonds is 9. The summed E-state index contributed by atoms with van der Waals surface area (Å²) in [6, 6.07) is 29.7. The Morgan fingerprint density at radius 1 is 0.846 bits per heavy atom. The van der Waals surface area contributed by atoms with Gasteiger partial charge in [0.2, 0.25) is 5.91 Å². The predicted octanol–water partition coefficient (Wildman–Crippen LogP) is 7.22.